The van der Waals surface area contributed by atoms with Gasteiger partial charge in [-0.3, -0.25) is 9.59 Å². The molecule has 1 unspecified atom stereocenters. The number of carbonyl (C=O) groups is 2. The zero-order valence-corrected chi connectivity index (χ0v) is 29.0. The van der Waals surface area contributed by atoms with Gasteiger partial charge in [-0.25, -0.2) is 0 Å². The van der Waals surface area contributed by atoms with E-state index in [0.717, 1.165) is 32.1 Å². The third kappa shape index (κ3) is 40.9. The van der Waals surface area contributed by atoms with Crippen molar-refractivity contribution in [2.75, 3.05) is 19.8 Å². The first-order chi connectivity index (χ1) is 21.0. The molecule has 6 heteroatoms. The first kappa shape index (κ1) is 44.0. The third-order valence-corrected chi connectivity index (χ3v) is 7.88. The fourth-order valence-electron chi connectivity index (χ4n) is 4.94. The molecule has 0 aliphatic heterocycles. The van der Waals surface area contributed by atoms with Gasteiger partial charge in [0.1, 0.15) is 12.7 Å². The Balaban J connectivity index is 0. The normalized spacial score (nSPS) is 11.6. The molecule has 0 saturated heterocycles. The largest absolute Gasteiger partial charge is 0.466 e. The number of rotatable bonds is 32. The summed E-state index contributed by atoms with van der Waals surface area (Å²) in [5.74, 6) is -0.284. The van der Waals surface area contributed by atoms with Crippen LogP contribution in [0.3, 0.4) is 0 Å². The van der Waals surface area contributed by atoms with E-state index in [-0.39, 0.29) is 25.2 Å². The van der Waals surface area contributed by atoms with Crippen molar-refractivity contribution in [3.63, 3.8) is 0 Å². The summed E-state index contributed by atoms with van der Waals surface area (Å²) < 4.78 is 9.98. The number of hydrogen-bond acceptors (Lipinski definition) is 6. The number of ether oxygens (including phenoxy) is 2. The Hall–Kier alpha value is -1.14. The molecule has 0 radical (unpaired) electrons. The van der Waals surface area contributed by atoms with Crippen LogP contribution >= 0.6 is 0 Å². The lowest BCUT2D eigenvalue weighted by molar-refractivity contribution is -0.147. The molecule has 0 bridgehead atoms. The van der Waals surface area contributed by atoms with Crippen LogP contribution in [0.5, 0.6) is 0 Å². The Kier molecular flexibility index (Phi) is 39.8. The van der Waals surface area contributed by atoms with E-state index in [1.54, 1.807) is 0 Å². The van der Waals surface area contributed by atoms with Crippen molar-refractivity contribution in [2.45, 2.75) is 207 Å². The highest BCUT2D eigenvalue weighted by molar-refractivity contribution is 5.69. The van der Waals surface area contributed by atoms with E-state index >= 15 is 0 Å². The van der Waals surface area contributed by atoms with Gasteiger partial charge in [-0.05, 0) is 19.3 Å². The predicted molar refractivity (Wildman–Crippen MR) is 181 cm³/mol. The van der Waals surface area contributed by atoms with Crippen molar-refractivity contribution in [1.29, 1.82) is 0 Å². The molecule has 6 nitrogen and oxygen atoms in total. The zero-order valence-electron chi connectivity index (χ0n) is 29.0. The number of esters is 2. The Labute approximate surface area is 267 Å². The monoisotopic (exact) mass is 615 g/mol. The van der Waals surface area contributed by atoms with Gasteiger partial charge >= 0.3 is 11.9 Å². The number of carbonyl (C=O) groups excluding carboxylic acids is 2. The average molecular weight is 615 g/mol. The SMILES string of the molecule is CCCCCCCCCCCC(=O)OCC(O)CO.CCCCCCCCCCCCCCCCCC(=O)OCCCC. The van der Waals surface area contributed by atoms with E-state index in [1.165, 1.54) is 135 Å². The fourth-order valence-corrected chi connectivity index (χ4v) is 4.94. The van der Waals surface area contributed by atoms with Crippen LogP contribution in [0, 0.1) is 0 Å². The number of aliphatic hydroxyl groups excluding tert-OH is 2. The maximum atomic E-state index is 11.4. The molecular weight excluding hydrogens is 540 g/mol. The summed E-state index contributed by atoms with van der Waals surface area (Å²) in [6, 6.07) is 0. The standard InChI is InChI=1S/C22H44O2.C15H30O4/c1-3-5-7-8-9-10-11-12-13-14-15-16-17-18-19-20-22(23)24-21-6-4-2;1-2-3-4-5-6-7-8-9-10-11-15(18)19-13-14(17)12-16/h3-21H2,1-2H3;14,16-17H,2-13H2,1H3. The second-order valence-electron chi connectivity index (χ2n) is 12.4. The molecule has 0 aromatic rings. The first-order valence-corrected chi connectivity index (χ1v) is 18.6. The van der Waals surface area contributed by atoms with Gasteiger partial charge in [0, 0.05) is 12.8 Å². The molecule has 0 aromatic carbocycles. The van der Waals surface area contributed by atoms with Crippen LogP contribution < -0.4 is 0 Å². The quantitative estimate of drug-likeness (QED) is 0.0578. The third-order valence-electron chi connectivity index (χ3n) is 7.88. The van der Waals surface area contributed by atoms with Gasteiger partial charge in [-0.2, -0.15) is 0 Å². The Bertz CT molecular complexity index is 553. The fraction of sp³-hybridized carbons (Fsp3) is 0.946. The lowest BCUT2D eigenvalue weighted by atomic mass is 10.0. The summed E-state index contributed by atoms with van der Waals surface area (Å²) in [6.07, 6.45) is 33.5. The maximum absolute atomic E-state index is 11.4. The molecule has 0 aliphatic rings. The minimum Gasteiger partial charge on any atom is -0.466 e. The van der Waals surface area contributed by atoms with Gasteiger partial charge in [0.25, 0.3) is 0 Å². The minimum absolute atomic E-state index is 0.00172. The summed E-state index contributed by atoms with van der Waals surface area (Å²) in [7, 11) is 0. The summed E-state index contributed by atoms with van der Waals surface area (Å²) in [4.78, 5) is 22.7. The first-order valence-electron chi connectivity index (χ1n) is 18.6. The van der Waals surface area contributed by atoms with Crippen LogP contribution in [0.2, 0.25) is 0 Å². The van der Waals surface area contributed by atoms with Gasteiger partial charge in [0.05, 0.1) is 13.2 Å². The van der Waals surface area contributed by atoms with Crippen molar-refractivity contribution in [2.24, 2.45) is 0 Å². The lowest BCUT2D eigenvalue weighted by Crippen LogP contribution is -2.21. The Morgan fingerprint density at radius 3 is 1.09 bits per heavy atom. The summed E-state index contributed by atoms with van der Waals surface area (Å²) >= 11 is 0. The predicted octanol–water partition coefficient (Wildman–Crippen LogP) is 10.4. The van der Waals surface area contributed by atoms with E-state index in [0.29, 0.717) is 19.4 Å². The van der Waals surface area contributed by atoms with Crippen molar-refractivity contribution < 1.29 is 29.3 Å². The molecule has 0 aliphatic carbocycles. The summed E-state index contributed by atoms with van der Waals surface area (Å²) in [5, 5.41) is 17.6. The summed E-state index contributed by atoms with van der Waals surface area (Å²) in [5.41, 5.74) is 0. The van der Waals surface area contributed by atoms with Crippen molar-refractivity contribution >= 4 is 11.9 Å². The second kappa shape index (κ2) is 38.9. The van der Waals surface area contributed by atoms with Gasteiger partial charge < -0.3 is 19.7 Å². The van der Waals surface area contributed by atoms with Gasteiger partial charge in [0.15, 0.2) is 0 Å². The van der Waals surface area contributed by atoms with Gasteiger partial charge in [-0.1, -0.05) is 168 Å². The molecule has 0 heterocycles. The lowest BCUT2D eigenvalue weighted by Gasteiger charge is -2.08. The van der Waals surface area contributed by atoms with Crippen molar-refractivity contribution in [3.8, 4) is 0 Å². The molecule has 1 atom stereocenters. The molecule has 0 saturated carbocycles. The Morgan fingerprint density at radius 2 is 0.767 bits per heavy atom. The van der Waals surface area contributed by atoms with Gasteiger partial charge in [0.2, 0.25) is 0 Å². The van der Waals surface area contributed by atoms with Crippen LogP contribution in [-0.2, 0) is 19.1 Å². The van der Waals surface area contributed by atoms with Crippen molar-refractivity contribution in [1.82, 2.24) is 0 Å². The van der Waals surface area contributed by atoms with Crippen LogP contribution in [0.1, 0.15) is 201 Å². The van der Waals surface area contributed by atoms with Crippen LogP contribution in [-0.4, -0.2) is 48.1 Å². The maximum Gasteiger partial charge on any atom is 0.305 e. The topological polar surface area (TPSA) is 93.1 Å². The second-order valence-corrected chi connectivity index (χ2v) is 12.4. The van der Waals surface area contributed by atoms with E-state index in [1.807, 2.05) is 0 Å². The molecule has 0 amide bonds. The van der Waals surface area contributed by atoms with Crippen LogP contribution in [0.25, 0.3) is 0 Å². The minimum atomic E-state index is -0.952. The molecular formula is C37H74O6. The molecule has 0 aromatic heterocycles. The molecule has 258 valence electrons. The molecule has 0 fully saturated rings. The van der Waals surface area contributed by atoms with E-state index in [9.17, 15) is 9.59 Å². The van der Waals surface area contributed by atoms with Crippen molar-refractivity contribution in [3.05, 3.63) is 0 Å². The average Bonchev–Trinajstić information content (AvgIpc) is 3.01. The highest BCUT2D eigenvalue weighted by Crippen LogP contribution is 2.14. The smallest absolute Gasteiger partial charge is 0.305 e. The number of aliphatic hydroxyl groups is 2. The molecule has 0 rings (SSSR count). The summed E-state index contributed by atoms with van der Waals surface area (Å²) in [6.45, 7) is 6.75. The zero-order chi connectivity index (χ0) is 32.1. The molecule has 0 spiro atoms. The Morgan fingerprint density at radius 1 is 0.465 bits per heavy atom. The highest BCUT2D eigenvalue weighted by atomic mass is 16.5. The number of hydrogen-bond donors (Lipinski definition) is 2. The van der Waals surface area contributed by atoms with E-state index in [4.69, 9.17) is 19.7 Å². The number of unbranched alkanes of at least 4 members (excludes halogenated alkanes) is 23. The van der Waals surface area contributed by atoms with Crippen LogP contribution in [0.15, 0.2) is 0 Å². The highest BCUT2D eigenvalue weighted by Gasteiger charge is 2.07. The molecule has 2 N–H and O–H groups in total. The van der Waals surface area contributed by atoms with E-state index in [2.05, 4.69) is 20.8 Å². The van der Waals surface area contributed by atoms with Gasteiger partial charge in [-0.15, -0.1) is 0 Å². The molecule has 43 heavy (non-hydrogen) atoms. The van der Waals surface area contributed by atoms with Crippen LogP contribution in [0.4, 0.5) is 0 Å². The van der Waals surface area contributed by atoms with E-state index < -0.39 is 6.10 Å².